The van der Waals surface area contributed by atoms with Gasteiger partial charge in [0.25, 0.3) is 0 Å². The molecular weight excluding hydrogens is 224 g/mol. The first-order valence-electron chi connectivity index (χ1n) is 6.32. The summed E-state index contributed by atoms with van der Waals surface area (Å²) in [6.45, 7) is 7.28. The van der Waals surface area contributed by atoms with Crippen molar-refractivity contribution >= 4 is 0 Å². The lowest BCUT2D eigenvalue weighted by Gasteiger charge is -2.16. The maximum atomic E-state index is 4.20. The van der Waals surface area contributed by atoms with E-state index in [1.807, 2.05) is 24.8 Å². The van der Waals surface area contributed by atoms with E-state index in [0.29, 0.717) is 6.04 Å². The van der Waals surface area contributed by atoms with Crippen LogP contribution in [0.1, 0.15) is 44.1 Å². The van der Waals surface area contributed by atoms with Gasteiger partial charge in [-0.25, -0.2) is 4.98 Å². The zero-order valence-electron chi connectivity index (χ0n) is 11.2. The number of nitrogens with zero attached hydrogens (tertiary/aromatic N) is 3. The van der Waals surface area contributed by atoms with Gasteiger partial charge in [-0.05, 0) is 32.4 Å². The molecule has 0 spiro atoms. The molecule has 0 aliphatic carbocycles. The minimum absolute atomic E-state index is 0.286. The largest absolute Gasteiger partial charge is 0.331 e. The fraction of sp³-hybridized carbons (Fsp3) is 0.429. The number of nitrogens with one attached hydrogen (secondary N) is 1. The summed E-state index contributed by atoms with van der Waals surface area (Å²) in [5.74, 6) is 0. The molecule has 1 unspecified atom stereocenters. The first-order valence-corrected chi connectivity index (χ1v) is 6.32. The number of pyridine rings is 1. The zero-order valence-corrected chi connectivity index (χ0v) is 11.2. The molecule has 4 nitrogen and oxygen atoms in total. The summed E-state index contributed by atoms with van der Waals surface area (Å²) in [4.78, 5) is 8.34. The van der Waals surface area contributed by atoms with Crippen molar-refractivity contribution in [2.75, 3.05) is 0 Å². The monoisotopic (exact) mass is 244 g/mol. The Hall–Kier alpha value is -1.68. The Morgan fingerprint density at radius 1 is 1.22 bits per heavy atom. The molecule has 2 rings (SSSR count). The van der Waals surface area contributed by atoms with Gasteiger partial charge >= 0.3 is 0 Å². The standard InChI is InChI=1S/C14H20N4/c1-11(2)18-10-16-8-14(18)9-17-12(3)13-5-4-6-15-7-13/h4-8,10-12,17H,9H2,1-3H3. The van der Waals surface area contributed by atoms with Crippen molar-refractivity contribution in [3.05, 3.63) is 48.3 Å². The fourth-order valence-corrected chi connectivity index (χ4v) is 1.94. The molecule has 1 N–H and O–H groups in total. The number of imidazole rings is 1. The van der Waals surface area contributed by atoms with Crippen LogP contribution in [-0.4, -0.2) is 14.5 Å². The van der Waals surface area contributed by atoms with Crippen molar-refractivity contribution < 1.29 is 0 Å². The summed E-state index contributed by atoms with van der Waals surface area (Å²) in [6, 6.07) is 4.78. The quantitative estimate of drug-likeness (QED) is 0.879. The second kappa shape index (κ2) is 5.78. The molecule has 0 saturated heterocycles. The van der Waals surface area contributed by atoms with E-state index in [1.54, 1.807) is 6.20 Å². The van der Waals surface area contributed by atoms with Gasteiger partial charge in [0.15, 0.2) is 0 Å². The molecule has 2 heterocycles. The minimum atomic E-state index is 0.286. The molecule has 0 bridgehead atoms. The van der Waals surface area contributed by atoms with Crippen LogP contribution in [0.15, 0.2) is 37.1 Å². The van der Waals surface area contributed by atoms with Crippen LogP contribution in [0.2, 0.25) is 0 Å². The number of hydrogen-bond acceptors (Lipinski definition) is 3. The topological polar surface area (TPSA) is 42.7 Å². The van der Waals surface area contributed by atoms with Gasteiger partial charge in [-0.15, -0.1) is 0 Å². The SMILES string of the molecule is CC(NCc1cncn1C(C)C)c1cccnc1. The van der Waals surface area contributed by atoms with E-state index >= 15 is 0 Å². The first kappa shape index (κ1) is 12.8. The van der Waals surface area contributed by atoms with E-state index in [1.165, 1.54) is 11.3 Å². The highest BCUT2D eigenvalue weighted by Crippen LogP contribution is 2.13. The molecule has 0 aromatic carbocycles. The molecule has 4 heteroatoms. The Balaban J connectivity index is 1.97. The van der Waals surface area contributed by atoms with Gasteiger partial charge in [0.2, 0.25) is 0 Å². The Labute approximate surface area is 108 Å². The van der Waals surface area contributed by atoms with Crippen LogP contribution in [0.5, 0.6) is 0 Å². The summed E-state index contributed by atoms with van der Waals surface area (Å²) < 4.78 is 2.18. The van der Waals surface area contributed by atoms with E-state index in [0.717, 1.165) is 6.54 Å². The summed E-state index contributed by atoms with van der Waals surface area (Å²) in [6.07, 6.45) is 7.50. The fourth-order valence-electron chi connectivity index (χ4n) is 1.94. The molecular formula is C14H20N4. The van der Waals surface area contributed by atoms with E-state index in [2.05, 4.69) is 46.7 Å². The molecule has 0 aliphatic rings. The van der Waals surface area contributed by atoms with Crippen LogP contribution in [0.25, 0.3) is 0 Å². The first-order chi connectivity index (χ1) is 8.68. The molecule has 96 valence electrons. The van der Waals surface area contributed by atoms with Crippen LogP contribution in [0.4, 0.5) is 0 Å². The lowest BCUT2D eigenvalue weighted by molar-refractivity contribution is 0.518. The third-order valence-corrected chi connectivity index (χ3v) is 3.08. The molecule has 18 heavy (non-hydrogen) atoms. The van der Waals surface area contributed by atoms with Gasteiger partial charge < -0.3 is 9.88 Å². The Kier molecular flexibility index (Phi) is 4.10. The van der Waals surface area contributed by atoms with E-state index in [9.17, 15) is 0 Å². The van der Waals surface area contributed by atoms with Crippen LogP contribution in [0.3, 0.4) is 0 Å². The molecule has 0 aliphatic heterocycles. The molecule has 2 aromatic rings. The maximum Gasteiger partial charge on any atom is 0.0951 e. The average Bonchev–Trinajstić information content (AvgIpc) is 2.85. The number of hydrogen-bond donors (Lipinski definition) is 1. The van der Waals surface area contributed by atoms with Crippen molar-refractivity contribution in [3.63, 3.8) is 0 Å². The van der Waals surface area contributed by atoms with Crippen molar-refractivity contribution in [2.24, 2.45) is 0 Å². The van der Waals surface area contributed by atoms with Crippen LogP contribution in [-0.2, 0) is 6.54 Å². The zero-order chi connectivity index (χ0) is 13.0. The molecule has 0 saturated carbocycles. The van der Waals surface area contributed by atoms with Crippen LogP contribution in [0, 0.1) is 0 Å². The summed E-state index contributed by atoms with van der Waals surface area (Å²) in [5, 5.41) is 3.50. The van der Waals surface area contributed by atoms with Crippen molar-refractivity contribution in [3.8, 4) is 0 Å². The van der Waals surface area contributed by atoms with Crippen LogP contribution >= 0.6 is 0 Å². The lowest BCUT2D eigenvalue weighted by atomic mass is 10.1. The maximum absolute atomic E-state index is 4.20. The highest BCUT2D eigenvalue weighted by atomic mass is 15.1. The smallest absolute Gasteiger partial charge is 0.0951 e. The van der Waals surface area contributed by atoms with Gasteiger partial charge in [0, 0.05) is 37.2 Å². The molecule has 0 fully saturated rings. The number of rotatable bonds is 5. The highest BCUT2D eigenvalue weighted by Gasteiger charge is 2.08. The van der Waals surface area contributed by atoms with E-state index in [-0.39, 0.29) is 6.04 Å². The van der Waals surface area contributed by atoms with Gasteiger partial charge in [0.05, 0.1) is 12.0 Å². The van der Waals surface area contributed by atoms with Gasteiger partial charge in [-0.2, -0.15) is 0 Å². The van der Waals surface area contributed by atoms with Gasteiger partial charge in [-0.3, -0.25) is 4.98 Å². The Morgan fingerprint density at radius 2 is 2.06 bits per heavy atom. The van der Waals surface area contributed by atoms with E-state index in [4.69, 9.17) is 0 Å². The molecule has 0 amide bonds. The van der Waals surface area contributed by atoms with Gasteiger partial charge in [-0.1, -0.05) is 6.07 Å². The van der Waals surface area contributed by atoms with Gasteiger partial charge in [0.1, 0.15) is 0 Å². The Bertz CT molecular complexity index is 476. The second-order valence-electron chi connectivity index (χ2n) is 4.77. The summed E-state index contributed by atoms with van der Waals surface area (Å²) >= 11 is 0. The van der Waals surface area contributed by atoms with E-state index < -0.39 is 0 Å². The average molecular weight is 244 g/mol. The number of aromatic nitrogens is 3. The molecule has 0 radical (unpaired) electrons. The molecule has 2 aromatic heterocycles. The predicted molar refractivity (Wildman–Crippen MR) is 72.1 cm³/mol. The van der Waals surface area contributed by atoms with Crippen molar-refractivity contribution in [1.29, 1.82) is 0 Å². The minimum Gasteiger partial charge on any atom is -0.331 e. The second-order valence-corrected chi connectivity index (χ2v) is 4.77. The third kappa shape index (κ3) is 2.96. The van der Waals surface area contributed by atoms with Crippen molar-refractivity contribution in [1.82, 2.24) is 19.9 Å². The summed E-state index contributed by atoms with van der Waals surface area (Å²) in [7, 11) is 0. The lowest BCUT2D eigenvalue weighted by Crippen LogP contribution is -2.20. The predicted octanol–water partition coefficient (Wildman–Crippen LogP) is 2.71. The normalized spacial score (nSPS) is 12.9. The summed E-state index contributed by atoms with van der Waals surface area (Å²) in [5.41, 5.74) is 2.41. The van der Waals surface area contributed by atoms with Crippen molar-refractivity contribution in [2.45, 2.75) is 39.4 Å². The van der Waals surface area contributed by atoms with Crippen LogP contribution < -0.4 is 5.32 Å². The Morgan fingerprint density at radius 3 is 2.72 bits per heavy atom. The molecule has 1 atom stereocenters. The highest BCUT2D eigenvalue weighted by molar-refractivity contribution is 5.13. The third-order valence-electron chi connectivity index (χ3n) is 3.08.